The van der Waals surface area contributed by atoms with Gasteiger partial charge in [-0.15, -0.1) is 0 Å². The molecule has 7 nitrogen and oxygen atoms in total. The van der Waals surface area contributed by atoms with Crippen molar-refractivity contribution in [2.45, 2.75) is 91.1 Å². The Kier molecular flexibility index (Phi) is 11.6. The Labute approximate surface area is 346 Å². The van der Waals surface area contributed by atoms with Crippen LogP contribution in [-0.2, 0) is 29.8 Å². The van der Waals surface area contributed by atoms with Gasteiger partial charge in [0, 0.05) is 18.9 Å². The molecule has 0 saturated carbocycles. The standard InChI is InChI=1S/C27H28O4.C25H24O3/c1-5-30-26(29)22-9-8-18-14-19(6-7-20(18)15-22)21-10-11-24-23(16-21)25(31-17(2)28)12-13-27(24,3)4;1-4-28-24(27)20-8-7-16-13-17(5-6-18(16)14-20)19-9-10-22-21(15-19)23(26)11-12-25(22,2)3/h6-11,14-16,25H,5,12-13H2,1-4H3;5-10,13-15H,4,11-12H2,1-3H3. The van der Waals surface area contributed by atoms with Crippen LogP contribution in [0, 0.1) is 0 Å². The number of hydrogen-bond donors (Lipinski definition) is 0. The summed E-state index contributed by atoms with van der Waals surface area (Å²) in [6.45, 7) is 14.7. The van der Waals surface area contributed by atoms with Crippen LogP contribution in [-0.4, -0.2) is 36.9 Å². The van der Waals surface area contributed by atoms with Crippen LogP contribution < -0.4 is 0 Å². The number of rotatable bonds is 7. The van der Waals surface area contributed by atoms with Gasteiger partial charge in [0.25, 0.3) is 0 Å². The van der Waals surface area contributed by atoms with Crippen molar-refractivity contribution >= 4 is 45.2 Å². The smallest absolute Gasteiger partial charge is 0.338 e. The third-order valence-corrected chi connectivity index (χ3v) is 11.9. The molecule has 1 unspecified atom stereocenters. The predicted molar refractivity (Wildman–Crippen MR) is 234 cm³/mol. The molecule has 7 heteroatoms. The van der Waals surface area contributed by atoms with E-state index in [9.17, 15) is 19.2 Å². The van der Waals surface area contributed by atoms with E-state index < -0.39 is 0 Å². The quantitative estimate of drug-likeness (QED) is 0.117. The second-order valence-electron chi connectivity index (χ2n) is 16.9. The number of ketones is 1. The zero-order valence-corrected chi connectivity index (χ0v) is 35.1. The minimum atomic E-state index is -0.303. The molecule has 0 saturated heterocycles. The molecule has 0 amide bonds. The summed E-state index contributed by atoms with van der Waals surface area (Å²) in [5.41, 5.74) is 9.83. The maximum Gasteiger partial charge on any atom is 0.338 e. The number of benzene rings is 6. The van der Waals surface area contributed by atoms with Gasteiger partial charge < -0.3 is 14.2 Å². The van der Waals surface area contributed by atoms with E-state index in [1.54, 1.807) is 26.0 Å². The number of carbonyl (C=O) groups is 4. The van der Waals surface area contributed by atoms with Crippen LogP contribution in [0.4, 0.5) is 0 Å². The van der Waals surface area contributed by atoms with E-state index in [1.807, 2.05) is 48.5 Å². The normalized spacial score (nSPS) is 16.3. The Bertz CT molecular complexity index is 2610. The van der Waals surface area contributed by atoms with E-state index in [0.29, 0.717) is 30.8 Å². The van der Waals surface area contributed by atoms with E-state index >= 15 is 0 Å². The average molecular weight is 789 g/mol. The van der Waals surface area contributed by atoms with Gasteiger partial charge in [0.2, 0.25) is 0 Å². The van der Waals surface area contributed by atoms with Gasteiger partial charge in [-0.25, -0.2) is 9.59 Å². The lowest BCUT2D eigenvalue weighted by Crippen LogP contribution is -2.28. The monoisotopic (exact) mass is 788 g/mol. The molecule has 1 atom stereocenters. The number of fused-ring (bicyclic) bond motifs is 4. The molecule has 302 valence electrons. The van der Waals surface area contributed by atoms with Crippen LogP contribution in [0.25, 0.3) is 43.8 Å². The van der Waals surface area contributed by atoms with E-state index in [2.05, 4.69) is 76.2 Å². The van der Waals surface area contributed by atoms with Crippen LogP contribution in [0.5, 0.6) is 0 Å². The molecule has 0 spiro atoms. The van der Waals surface area contributed by atoms with Crippen molar-refractivity contribution in [2.75, 3.05) is 13.2 Å². The number of hydrogen-bond acceptors (Lipinski definition) is 7. The lowest BCUT2D eigenvalue weighted by molar-refractivity contribution is -0.147. The summed E-state index contributed by atoms with van der Waals surface area (Å²) < 4.78 is 15.8. The summed E-state index contributed by atoms with van der Waals surface area (Å²) in [4.78, 5) is 48.1. The first-order chi connectivity index (χ1) is 28.2. The van der Waals surface area contributed by atoms with E-state index in [-0.39, 0.29) is 40.6 Å². The molecule has 0 radical (unpaired) electrons. The fourth-order valence-corrected chi connectivity index (χ4v) is 8.50. The highest BCUT2D eigenvalue weighted by Crippen LogP contribution is 2.45. The van der Waals surface area contributed by atoms with Crippen molar-refractivity contribution in [3.63, 3.8) is 0 Å². The van der Waals surface area contributed by atoms with Crippen molar-refractivity contribution in [1.82, 2.24) is 0 Å². The third kappa shape index (κ3) is 8.70. The highest BCUT2D eigenvalue weighted by molar-refractivity contribution is 6.01. The summed E-state index contributed by atoms with van der Waals surface area (Å²) in [5.74, 6) is -0.619. The topological polar surface area (TPSA) is 96.0 Å². The summed E-state index contributed by atoms with van der Waals surface area (Å²) in [6.07, 6.45) is 3.12. The lowest BCUT2D eigenvalue weighted by atomic mass is 9.71. The molecule has 59 heavy (non-hydrogen) atoms. The Morgan fingerprint density at radius 2 is 1.03 bits per heavy atom. The first kappa shape index (κ1) is 41.1. The number of ether oxygens (including phenoxy) is 3. The molecule has 0 aliphatic heterocycles. The Morgan fingerprint density at radius 1 is 0.576 bits per heavy atom. The Balaban J connectivity index is 0.000000180. The number of esters is 3. The highest BCUT2D eigenvalue weighted by Gasteiger charge is 2.35. The predicted octanol–water partition coefficient (Wildman–Crippen LogP) is 12.3. The minimum absolute atomic E-state index is 0.0364. The molecule has 2 aliphatic carbocycles. The Morgan fingerprint density at radius 3 is 1.58 bits per heavy atom. The number of Topliss-reactive ketones (excluding diaryl/α,β-unsaturated/α-hetero) is 1. The second-order valence-corrected chi connectivity index (χ2v) is 16.9. The summed E-state index contributed by atoms with van der Waals surface area (Å²) in [7, 11) is 0. The van der Waals surface area contributed by atoms with Crippen molar-refractivity contribution < 1.29 is 33.4 Å². The van der Waals surface area contributed by atoms with Gasteiger partial charge in [0.05, 0.1) is 24.3 Å². The molecule has 0 heterocycles. The fourth-order valence-electron chi connectivity index (χ4n) is 8.50. The highest BCUT2D eigenvalue weighted by atomic mass is 16.5. The largest absolute Gasteiger partial charge is 0.462 e. The van der Waals surface area contributed by atoms with Crippen LogP contribution in [0.2, 0.25) is 0 Å². The lowest BCUT2D eigenvalue weighted by Gasteiger charge is -2.37. The van der Waals surface area contributed by atoms with E-state index in [1.165, 1.54) is 12.5 Å². The van der Waals surface area contributed by atoms with Crippen LogP contribution >= 0.6 is 0 Å². The summed E-state index contributed by atoms with van der Waals surface area (Å²) >= 11 is 0. The van der Waals surface area contributed by atoms with Crippen LogP contribution in [0.15, 0.2) is 109 Å². The van der Waals surface area contributed by atoms with Crippen molar-refractivity contribution in [3.05, 3.63) is 143 Å². The molecule has 0 N–H and O–H groups in total. The molecular formula is C52H52O7. The van der Waals surface area contributed by atoms with Gasteiger partial charge in [-0.2, -0.15) is 0 Å². The van der Waals surface area contributed by atoms with E-state index in [4.69, 9.17) is 14.2 Å². The van der Waals surface area contributed by atoms with Gasteiger partial charge in [-0.05, 0) is 153 Å². The molecular weight excluding hydrogens is 737 g/mol. The number of carbonyl (C=O) groups excluding carboxylic acids is 4. The maximum absolute atomic E-state index is 12.5. The van der Waals surface area contributed by atoms with Gasteiger partial charge >= 0.3 is 17.9 Å². The minimum Gasteiger partial charge on any atom is -0.462 e. The first-order valence-corrected chi connectivity index (χ1v) is 20.6. The van der Waals surface area contributed by atoms with Crippen LogP contribution in [0.1, 0.15) is 128 Å². The van der Waals surface area contributed by atoms with Crippen molar-refractivity contribution in [3.8, 4) is 22.3 Å². The molecule has 0 bridgehead atoms. The maximum atomic E-state index is 12.5. The van der Waals surface area contributed by atoms with Crippen LogP contribution in [0.3, 0.4) is 0 Å². The molecule has 8 rings (SSSR count). The second kappa shape index (κ2) is 16.6. The van der Waals surface area contributed by atoms with E-state index in [0.717, 1.165) is 79.8 Å². The molecule has 0 aromatic heterocycles. The van der Waals surface area contributed by atoms with Gasteiger partial charge in [-0.1, -0.05) is 88.4 Å². The summed E-state index contributed by atoms with van der Waals surface area (Å²) in [6, 6.07) is 36.3. The average Bonchev–Trinajstić information content (AvgIpc) is 3.22. The SMILES string of the molecule is CCOC(=O)c1ccc2cc(-c3ccc4c(c3)C(=O)CCC4(C)C)ccc2c1.CCOC(=O)c1ccc2cc(-c3ccc4c(c3)C(OC(C)=O)CCC4(C)C)ccc2c1. The fraction of sp³-hybridized carbons (Fsp3) is 0.308. The zero-order chi connectivity index (χ0) is 42.1. The first-order valence-electron chi connectivity index (χ1n) is 20.6. The zero-order valence-electron chi connectivity index (χ0n) is 35.1. The van der Waals surface area contributed by atoms with Crippen molar-refractivity contribution in [1.29, 1.82) is 0 Å². The molecule has 0 fully saturated rings. The third-order valence-electron chi connectivity index (χ3n) is 11.9. The molecule has 2 aliphatic rings. The molecule has 6 aromatic rings. The Hall–Kier alpha value is -6.08. The summed E-state index contributed by atoms with van der Waals surface area (Å²) in [5, 5.41) is 4.09. The van der Waals surface area contributed by atoms with Gasteiger partial charge in [0.1, 0.15) is 6.10 Å². The van der Waals surface area contributed by atoms with Gasteiger partial charge in [-0.3, -0.25) is 9.59 Å². The van der Waals surface area contributed by atoms with Crippen molar-refractivity contribution in [2.24, 2.45) is 0 Å². The van der Waals surface area contributed by atoms with Gasteiger partial charge in [0.15, 0.2) is 5.78 Å². The molecule has 6 aromatic carbocycles.